The molecule has 1 spiro atoms. The highest BCUT2D eigenvalue weighted by molar-refractivity contribution is 7.09. The summed E-state index contributed by atoms with van der Waals surface area (Å²) in [5, 5.41) is 8.00. The van der Waals surface area contributed by atoms with Crippen LogP contribution in [0, 0.1) is 17.8 Å². The maximum Gasteiger partial charge on any atom is 0.246 e. The van der Waals surface area contributed by atoms with Gasteiger partial charge in [-0.15, -0.1) is 11.3 Å². The van der Waals surface area contributed by atoms with E-state index in [4.69, 9.17) is 4.74 Å². The van der Waals surface area contributed by atoms with Gasteiger partial charge in [0.15, 0.2) is 0 Å². The Morgan fingerprint density at radius 1 is 1.06 bits per heavy atom. The minimum Gasteiger partial charge on any atom is -0.356 e. The molecule has 1 aromatic carbocycles. The van der Waals surface area contributed by atoms with Crippen molar-refractivity contribution >= 4 is 29.1 Å². The molecule has 3 aliphatic rings. The van der Waals surface area contributed by atoms with E-state index in [-0.39, 0.29) is 17.7 Å². The first-order valence-corrected chi connectivity index (χ1v) is 13.5. The Morgan fingerprint density at radius 3 is 2.50 bits per heavy atom. The molecule has 5 rings (SSSR count). The Labute approximate surface area is 215 Å². The minimum absolute atomic E-state index is 0.181. The Bertz CT molecular complexity index is 1160. The van der Waals surface area contributed by atoms with Gasteiger partial charge < -0.3 is 20.3 Å². The Balaban J connectivity index is 1.43. The van der Waals surface area contributed by atoms with Gasteiger partial charge in [-0.25, -0.2) is 0 Å². The molecule has 2 N–H and O–H groups in total. The van der Waals surface area contributed by atoms with E-state index in [9.17, 15) is 14.4 Å². The van der Waals surface area contributed by atoms with Crippen molar-refractivity contribution in [3.05, 3.63) is 70.4 Å². The van der Waals surface area contributed by atoms with Crippen molar-refractivity contribution in [2.24, 2.45) is 17.8 Å². The number of benzene rings is 1. The molecule has 36 heavy (non-hydrogen) atoms. The molecule has 2 aromatic rings. The Kier molecular flexibility index (Phi) is 6.51. The molecular weight excluding hydrogens is 474 g/mol. The van der Waals surface area contributed by atoms with Crippen LogP contribution in [0.2, 0.25) is 0 Å². The predicted octanol–water partition coefficient (Wildman–Crippen LogP) is 3.27. The van der Waals surface area contributed by atoms with Gasteiger partial charge in [-0.1, -0.05) is 62.4 Å². The van der Waals surface area contributed by atoms with Crippen molar-refractivity contribution in [3.8, 4) is 0 Å². The van der Waals surface area contributed by atoms with Gasteiger partial charge in [-0.2, -0.15) is 0 Å². The van der Waals surface area contributed by atoms with Gasteiger partial charge in [0, 0.05) is 18.0 Å². The fourth-order valence-corrected chi connectivity index (χ4v) is 6.49. The lowest BCUT2D eigenvalue weighted by Gasteiger charge is -2.33. The van der Waals surface area contributed by atoms with Crippen molar-refractivity contribution < 1.29 is 19.1 Å². The molecule has 3 aliphatic heterocycles. The number of nitrogens with zero attached hydrogens (tertiary/aromatic N) is 1. The van der Waals surface area contributed by atoms with Crippen molar-refractivity contribution in [2.75, 3.05) is 6.54 Å². The summed E-state index contributed by atoms with van der Waals surface area (Å²) in [5.41, 5.74) is -1.13. The van der Waals surface area contributed by atoms with E-state index >= 15 is 0 Å². The molecule has 5 atom stereocenters. The number of hydrogen-bond acceptors (Lipinski definition) is 5. The second-order valence-electron chi connectivity index (χ2n) is 10.5. The maximum absolute atomic E-state index is 13.9. The lowest BCUT2D eigenvalue weighted by atomic mass is 9.70. The van der Waals surface area contributed by atoms with Gasteiger partial charge in [0.1, 0.15) is 11.6 Å². The van der Waals surface area contributed by atoms with Gasteiger partial charge in [0.2, 0.25) is 17.7 Å². The first kappa shape index (κ1) is 24.7. The molecule has 0 radical (unpaired) electrons. The molecule has 2 bridgehead atoms. The van der Waals surface area contributed by atoms with Crippen molar-refractivity contribution in [2.45, 2.75) is 57.5 Å². The third kappa shape index (κ3) is 4.16. The molecule has 1 aromatic heterocycles. The standard InChI is InChI=1S/C28H33N3O4S/c1-18(2)11-14-31-23(25(33)29-16-19-8-5-4-6-9-19)28-13-12-27(3,35-28)21(22(28)26(31)34)24(32)30-17-20-10-7-15-36-20/h4-10,12-13,15,18,21-23H,11,14,16-17H2,1-3H3,(H,29,33)(H,30,32)/t21-,22+,23-,27+,28+/m0/s1. The summed E-state index contributed by atoms with van der Waals surface area (Å²) in [4.78, 5) is 43.8. The van der Waals surface area contributed by atoms with Crippen LogP contribution in [0.3, 0.4) is 0 Å². The fraction of sp³-hybridized carbons (Fsp3) is 0.464. The zero-order chi connectivity index (χ0) is 25.5. The van der Waals surface area contributed by atoms with E-state index in [1.54, 1.807) is 16.2 Å². The van der Waals surface area contributed by atoms with Crippen LogP contribution in [0.25, 0.3) is 0 Å². The molecule has 2 saturated heterocycles. The monoisotopic (exact) mass is 507 g/mol. The largest absolute Gasteiger partial charge is 0.356 e. The highest BCUT2D eigenvalue weighted by Gasteiger charge is 2.76. The zero-order valence-electron chi connectivity index (χ0n) is 20.9. The van der Waals surface area contributed by atoms with E-state index in [0.29, 0.717) is 25.6 Å². The minimum atomic E-state index is -1.16. The van der Waals surface area contributed by atoms with Gasteiger partial charge in [0.05, 0.1) is 24.0 Å². The topological polar surface area (TPSA) is 87.7 Å². The molecule has 190 valence electrons. The number of carbonyl (C=O) groups is 3. The van der Waals surface area contributed by atoms with E-state index in [1.165, 1.54) is 0 Å². The summed E-state index contributed by atoms with van der Waals surface area (Å²) in [5.74, 6) is -1.74. The van der Waals surface area contributed by atoms with E-state index < -0.39 is 29.1 Å². The SMILES string of the molecule is CC(C)CCN1C(=O)[C@H]2[C@@H](C(=O)NCc3cccs3)[C@@]3(C)C=C[C@]2(O3)[C@@H]1C(=O)NCc1ccccc1. The number of likely N-dealkylation sites (tertiary alicyclic amines) is 1. The van der Waals surface area contributed by atoms with Gasteiger partial charge in [-0.05, 0) is 36.3 Å². The molecular formula is C28H33N3O4S. The third-order valence-corrected chi connectivity index (χ3v) is 8.48. The van der Waals surface area contributed by atoms with Crippen LogP contribution in [0.5, 0.6) is 0 Å². The van der Waals surface area contributed by atoms with Crippen molar-refractivity contribution in [1.82, 2.24) is 15.5 Å². The first-order chi connectivity index (χ1) is 17.2. The van der Waals surface area contributed by atoms with Crippen LogP contribution in [0.1, 0.15) is 37.6 Å². The van der Waals surface area contributed by atoms with E-state index in [0.717, 1.165) is 16.9 Å². The van der Waals surface area contributed by atoms with Crippen LogP contribution in [0.15, 0.2) is 60.0 Å². The van der Waals surface area contributed by atoms with Crippen LogP contribution >= 0.6 is 11.3 Å². The second kappa shape index (κ2) is 9.48. The fourth-order valence-electron chi connectivity index (χ4n) is 5.85. The number of ether oxygens (including phenoxy) is 1. The molecule has 0 unspecified atom stereocenters. The highest BCUT2D eigenvalue weighted by atomic mass is 32.1. The Morgan fingerprint density at radius 2 is 1.81 bits per heavy atom. The maximum atomic E-state index is 13.9. The summed E-state index contributed by atoms with van der Waals surface area (Å²) < 4.78 is 6.54. The molecule has 0 saturated carbocycles. The smallest absolute Gasteiger partial charge is 0.246 e. The molecule has 0 aliphatic carbocycles. The van der Waals surface area contributed by atoms with Crippen molar-refractivity contribution in [1.29, 1.82) is 0 Å². The molecule has 8 heteroatoms. The number of carbonyl (C=O) groups excluding carboxylic acids is 3. The quantitative estimate of drug-likeness (QED) is 0.510. The number of fused-ring (bicyclic) bond motifs is 1. The van der Waals surface area contributed by atoms with Crippen LogP contribution in [-0.4, -0.2) is 46.4 Å². The highest BCUT2D eigenvalue weighted by Crippen LogP contribution is 2.59. The summed E-state index contributed by atoms with van der Waals surface area (Å²) in [6.45, 7) is 7.22. The molecule has 7 nitrogen and oxygen atoms in total. The predicted molar refractivity (Wildman–Crippen MR) is 138 cm³/mol. The summed E-state index contributed by atoms with van der Waals surface area (Å²) in [6.07, 6.45) is 4.49. The third-order valence-electron chi connectivity index (χ3n) is 7.60. The number of rotatable bonds is 9. The van der Waals surface area contributed by atoms with Crippen molar-refractivity contribution in [3.63, 3.8) is 0 Å². The number of thiophene rings is 1. The average Bonchev–Trinajstić information content (AvgIpc) is 3.60. The Hall–Kier alpha value is -2.97. The van der Waals surface area contributed by atoms with Crippen LogP contribution in [-0.2, 0) is 32.2 Å². The van der Waals surface area contributed by atoms with E-state index in [2.05, 4.69) is 24.5 Å². The number of nitrogens with one attached hydrogen (secondary N) is 2. The van der Waals surface area contributed by atoms with Crippen LogP contribution in [0.4, 0.5) is 0 Å². The summed E-state index contributed by atoms with van der Waals surface area (Å²) in [7, 11) is 0. The lowest BCUT2D eigenvalue weighted by molar-refractivity contribution is -0.145. The van der Waals surface area contributed by atoms with Crippen LogP contribution < -0.4 is 10.6 Å². The van der Waals surface area contributed by atoms with Gasteiger partial charge >= 0.3 is 0 Å². The normalized spacial score (nSPS) is 30.2. The second-order valence-corrected chi connectivity index (χ2v) is 11.6. The number of amides is 3. The lowest BCUT2D eigenvalue weighted by Crippen LogP contribution is -2.54. The molecule has 2 fully saturated rings. The van der Waals surface area contributed by atoms with Gasteiger partial charge in [0.25, 0.3) is 0 Å². The van der Waals surface area contributed by atoms with Gasteiger partial charge in [-0.3, -0.25) is 14.4 Å². The summed E-state index contributed by atoms with van der Waals surface area (Å²) >= 11 is 1.57. The molecule has 4 heterocycles. The average molecular weight is 508 g/mol. The number of hydrogen-bond donors (Lipinski definition) is 2. The first-order valence-electron chi connectivity index (χ1n) is 12.6. The molecule has 3 amide bonds. The zero-order valence-corrected chi connectivity index (χ0v) is 21.7. The summed E-state index contributed by atoms with van der Waals surface area (Å²) in [6, 6.07) is 12.8. The van der Waals surface area contributed by atoms with E-state index in [1.807, 2.05) is 66.9 Å².